The van der Waals surface area contributed by atoms with Crippen molar-refractivity contribution in [3.05, 3.63) is 55.5 Å². The molecule has 34 heavy (non-hydrogen) atoms. The lowest BCUT2D eigenvalue weighted by Crippen LogP contribution is -2.64. The summed E-state index contributed by atoms with van der Waals surface area (Å²) < 4.78 is 37.2. The monoisotopic (exact) mass is 468 g/mol. The number of nitrogens with one attached hydrogen (secondary N) is 1. The van der Waals surface area contributed by atoms with Gasteiger partial charge in [0, 0.05) is 49.0 Å². The van der Waals surface area contributed by atoms with Crippen LogP contribution in [0.15, 0.2) is 49.7 Å². The highest BCUT2D eigenvalue weighted by molar-refractivity contribution is 5.68. The number of halogens is 2. The van der Waals surface area contributed by atoms with Gasteiger partial charge in [-0.05, 0) is 38.0 Å². The lowest BCUT2D eigenvalue weighted by Gasteiger charge is -2.47. The maximum absolute atomic E-state index is 14.9. The third-order valence-corrected chi connectivity index (χ3v) is 7.19. The van der Waals surface area contributed by atoms with Gasteiger partial charge >= 0.3 is 0 Å². The number of alkyl halides is 2. The first-order chi connectivity index (χ1) is 16.1. The zero-order valence-corrected chi connectivity index (χ0v) is 19.2. The molecule has 4 heterocycles. The summed E-state index contributed by atoms with van der Waals surface area (Å²) in [5.41, 5.74) is -0.187. The number of benzene rings is 1. The molecule has 2 saturated heterocycles. The zero-order chi connectivity index (χ0) is 24.3. The molecule has 4 atom stereocenters. The third-order valence-electron chi connectivity index (χ3n) is 7.19. The fraction of sp³-hybridized carbons (Fsp3) is 0.417. The molecule has 1 aromatic carbocycles. The molecular weight excluding hydrogens is 442 g/mol. The first-order valence-corrected chi connectivity index (χ1v) is 11.0. The van der Waals surface area contributed by atoms with Crippen molar-refractivity contribution in [3.8, 4) is 22.7 Å². The van der Waals surface area contributed by atoms with Crippen molar-refractivity contribution in [1.29, 1.82) is 0 Å². The van der Waals surface area contributed by atoms with Crippen molar-refractivity contribution >= 4 is 5.57 Å². The van der Waals surface area contributed by atoms with Gasteiger partial charge in [0.25, 0.3) is 5.92 Å². The van der Waals surface area contributed by atoms with Crippen LogP contribution in [-0.4, -0.2) is 60.1 Å². The average molecular weight is 469 g/mol. The fourth-order valence-corrected chi connectivity index (χ4v) is 5.54. The molecule has 10 heteroatoms. The van der Waals surface area contributed by atoms with E-state index < -0.39 is 29.0 Å². The molecule has 0 radical (unpaired) electrons. The largest absolute Gasteiger partial charge is 0.507 e. The number of hydrogen-bond donors (Lipinski definition) is 2. The Hall–Kier alpha value is -3.24. The smallest absolute Gasteiger partial charge is 0.267 e. The van der Waals surface area contributed by atoms with Crippen LogP contribution in [0.5, 0.6) is 5.75 Å². The number of hydrogen-bond acceptors (Lipinski definition) is 7. The number of imidazole rings is 1. The Morgan fingerprint density at radius 1 is 1.29 bits per heavy atom. The number of nitrogens with zero attached hydrogens (tertiary/aromatic N) is 5. The highest BCUT2D eigenvalue weighted by Gasteiger charge is 2.68. The van der Waals surface area contributed by atoms with Gasteiger partial charge in [-0.1, -0.05) is 6.58 Å². The molecule has 2 aromatic heterocycles. The van der Waals surface area contributed by atoms with Crippen LogP contribution in [0.1, 0.15) is 32.5 Å². The standard InChI is InChI=1S/C24H26F2N6O2/c1-14(17-10-23(3)24(25,26)12-22(2,31-23)20(17)34-4)21-28-11-18(29-30-21)16-6-5-15(9-19(16)33)32-8-7-27-13-32/h5-9,11,13,17,20,31,33H,1,10,12H2,2-4H3/t17-,20-,22-,23-/m1/s1. The van der Waals surface area contributed by atoms with Gasteiger partial charge in [-0.15, -0.1) is 10.2 Å². The SMILES string of the molecule is C=C(c1ncc(-c2ccc(-n3ccnc3)cc2O)nn1)[C@H]1C[C@@]2(C)N[C@](C)(CC2(F)F)[C@@H]1OC. The molecule has 0 spiro atoms. The first-order valence-electron chi connectivity index (χ1n) is 11.0. The lowest BCUT2D eigenvalue weighted by atomic mass is 9.74. The number of aromatic nitrogens is 5. The van der Waals surface area contributed by atoms with Gasteiger partial charge in [0.15, 0.2) is 5.82 Å². The number of phenols is 1. The van der Waals surface area contributed by atoms with E-state index in [-0.39, 0.29) is 24.4 Å². The van der Waals surface area contributed by atoms with Crippen LogP contribution < -0.4 is 5.32 Å². The topological polar surface area (TPSA) is 98.0 Å². The lowest BCUT2D eigenvalue weighted by molar-refractivity contribution is -0.0653. The number of methoxy groups -OCH3 is 1. The molecule has 0 saturated carbocycles. The van der Waals surface area contributed by atoms with Crippen molar-refractivity contribution in [2.45, 2.75) is 49.8 Å². The summed E-state index contributed by atoms with van der Waals surface area (Å²) in [4.78, 5) is 8.40. The van der Waals surface area contributed by atoms with Crippen molar-refractivity contribution < 1.29 is 18.6 Å². The number of aromatic hydroxyl groups is 1. The molecule has 3 aromatic rings. The molecule has 178 valence electrons. The second-order valence-corrected chi connectivity index (χ2v) is 9.59. The number of fused-ring (bicyclic) bond motifs is 2. The average Bonchev–Trinajstić information content (AvgIpc) is 3.37. The molecule has 2 N–H and O–H groups in total. The van der Waals surface area contributed by atoms with Crippen LogP contribution in [0.3, 0.4) is 0 Å². The van der Waals surface area contributed by atoms with E-state index in [1.165, 1.54) is 13.3 Å². The molecule has 8 nitrogen and oxygen atoms in total. The highest BCUT2D eigenvalue weighted by atomic mass is 19.3. The van der Waals surface area contributed by atoms with Crippen LogP contribution in [0.25, 0.3) is 22.5 Å². The zero-order valence-electron chi connectivity index (χ0n) is 19.2. The number of rotatable bonds is 5. The minimum Gasteiger partial charge on any atom is -0.507 e. The molecular formula is C24H26F2N6O2. The van der Waals surface area contributed by atoms with Crippen LogP contribution >= 0.6 is 0 Å². The molecule has 0 aliphatic carbocycles. The summed E-state index contributed by atoms with van der Waals surface area (Å²) in [7, 11) is 1.52. The Labute approximate surface area is 195 Å². The minimum absolute atomic E-state index is 0.0198. The molecule has 0 unspecified atom stereocenters. The number of phenolic OH excluding ortho intramolecular Hbond substituents is 1. The van der Waals surface area contributed by atoms with Gasteiger partial charge in [-0.2, -0.15) is 0 Å². The van der Waals surface area contributed by atoms with Crippen molar-refractivity contribution in [3.63, 3.8) is 0 Å². The van der Waals surface area contributed by atoms with E-state index in [1.54, 1.807) is 49.3 Å². The number of piperidine rings is 1. The molecule has 5 rings (SSSR count). The van der Waals surface area contributed by atoms with Crippen LogP contribution in [0, 0.1) is 5.92 Å². The number of ether oxygens (including phenoxy) is 1. The molecule has 2 fully saturated rings. The van der Waals surface area contributed by atoms with Gasteiger partial charge in [0.2, 0.25) is 0 Å². The normalized spacial score (nSPS) is 29.8. The molecule has 2 bridgehead atoms. The van der Waals surface area contributed by atoms with Crippen LogP contribution in [-0.2, 0) is 4.74 Å². The maximum atomic E-state index is 14.9. The molecule has 2 aliphatic heterocycles. The van der Waals surface area contributed by atoms with E-state index in [0.717, 1.165) is 5.69 Å². The summed E-state index contributed by atoms with van der Waals surface area (Å²) >= 11 is 0. The van der Waals surface area contributed by atoms with Crippen molar-refractivity contribution in [2.75, 3.05) is 7.11 Å². The molecule has 2 aliphatic rings. The Balaban J connectivity index is 1.41. The molecule has 0 amide bonds. The highest BCUT2D eigenvalue weighted by Crippen LogP contribution is 2.55. The Morgan fingerprint density at radius 2 is 2.09 bits per heavy atom. The van der Waals surface area contributed by atoms with E-state index in [0.29, 0.717) is 16.8 Å². The predicted octanol–water partition coefficient (Wildman–Crippen LogP) is 3.62. The fourth-order valence-electron chi connectivity index (χ4n) is 5.54. The van der Waals surface area contributed by atoms with Gasteiger partial charge in [-0.3, -0.25) is 5.32 Å². The van der Waals surface area contributed by atoms with Crippen LogP contribution in [0.4, 0.5) is 8.78 Å². The van der Waals surface area contributed by atoms with E-state index in [4.69, 9.17) is 4.74 Å². The summed E-state index contributed by atoms with van der Waals surface area (Å²) in [6.07, 6.45) is 5.84. The van der Waals surface area contributed by atoms with Gasteiger partial charge in [0.05, 0.1) is 29.9 Å². The van der Waals surface area contributed by atoms with Gasteiger partial charge in [0.1, 0.15) is 11.4 Å². The maximum Gasteiger partial charge on any atom is 0.267 e. The van der Waals surface area contributed by atoms with Gasteiger partial charge in [-0.25, -0.2) is 18.7 Å². The quantitative estimate of drug-likeness (QED) is 0.590. The van der Waals surface area contributed by atoms with Gasteiger partial charge < -0.3 is 14.4 Å². The Morgan fingerprint density at radius 3 is 2.71 bits per heavy atom. The Bertz CT molecular complexity index is 1230. The third kappa shape index (κ3) is 3.40. The van der Waals surface area contributed by atoms with Crippen molar-refractivity contribution in [1.82, 2.24) is 30.0 Å². The van der Waals surface area contributed by atoms with E-state index in [1.807, 2.05) is 6.07 Å². The second-order valence-electron chi connectivity index (χ2n) is 9.59. The second kappa shape index (κ2) is 7.64. The summed E-state index contributed by atoms with van der Waals surface area (Å²) in [6, 6.07) is 5.14. The summed E-state index contributed by atoms with van der Waals surface area (Å²) in [6.45, 7) is 7.44. The predicted molar refractivity (Wildman–Crippen MR) is 121 cm³/mol. The van der Waals surface area contributed by atoms with Crippen LogP contribution in [0.2, 0.25) is 0 Å². The summed E-state index contributed by atoms with van der Waals surface area (Å²) in [5, 5.41) is 22.1. The van der Waals surface area contributed by atoms with E-state index in [9.17, 15) is 13.9 Å². The Kier molecular flexibility index (Phi) is 5.07. The first kappa shape index (κ1) is 22.5. The van der Waals surface area contributed by atoms with E-state index in [2.05, 4.69) is 32.1 Å². The minimum atomic E-state index is -2.88. The van der Waals surface area contributed by atoms with Crippen molar-refractivity contribution in [2.24, 2.45) is 5.92 Å². The summed E-state index contributed by atoms with van der Waals surface area (Å²) in [5.74, 6) is -3.00. The van der Waals surface area contributed by atoms with E-state index >= 15 is 0 Å².